The van der Waals surface area contributed by atoms with Crippen LogP contribution in [0.4, 0.5) is 0 Å². The van der Waals surface area contributed by atoms with Crippen molar-refractivity contribution in [2.45, 2.75) is 19.5 Å². The molecule has 8 heteroatoms. The molecule has 0 fully saturated rings. The van der Waals surface area contributed by atoms with Gasteiger partial charge in [0, 0.05) is 14.7 Å². The Morgan fingerprint density at radius 3 is 2.74 bits per heavy atom. The number of ketones is 1. The predicted molar refractivity (Wildman–Crippen MR) is 119 cm³/mol. The van der Waals surface area contributed by atoms with E-state index in [4.69, 9.17) is 8.83 Å². The predicted octanol–water partition coefficient (Wildman–Crippen LogP) is 5.94. The van der Waals surface area contributed by atoms with Gasteiger partial charge in [0.25, 0.3) is 5.91 Å². The van der Waals surface area contributed by atoms with Gasteiger partial charge in [0.05, 0.1) is 12.1 Å². The minimum atomic E-state index is -0.851. The van der Waals surface area contributed by atoms with Crippen molar-refractivity contribution in [1.82, 2.24) is 4.90 Å². The Hall–Kier alpha value is -3.10. The largest absolute Gasteiger partial charge is 0.503 e. The highest BCUT2D eigenvalue weighted by Crippen LogP contribution is 2.41. The number of thiophene rings is 1. The van der Waals surface area contributed by atoms with Gasteiger partial charge in [0.2, 0.25) is 5.78 Å². The second-order valence-electron chi connectivity index (χ2n) is 7.25. The summed E-state index contributed by atoms with van der Waals surface area (Å²) < 4.78 is 12.4. The fraction of sp³-hybridized carbons (Fsp3) is 0.130. The van der Waals surface area contributed by atoms with Gasteiger partial charge < -0.3 is 18.8 Å². The standard InChI is InChI=1S/C23H16BrNO5S/c1-12-4-6-17(29-12)20-19(22(27)23(28)25(20)11-15-3-2-8-31-15)21(26)18-10-13-9-14(24)5-7-16(13)30-18/h2-10,20,27H,11H2,1H3. The topological polar surface area (TPSA) is 83.9 Å². The number of hydrogen-bond acceptors (Lipinski definition) is 6. The zero-order valence-electron chi connectivity index (χ0n) is 16.3. The molecule has 1 aliphatic heterocycles. The highest BCUT2D eigenvalue weighted by Gasteiger charge is 2.46. The van der Waals surface area contributed by atoms with Crippen LogP contribution in [0.25, 0.3) is 11.0 Å². The van der Waals surface area contributed by atoms with Gasteiger partial charge in [-0.3, -0.25) is 9.59 Å². The van der Waals surface area contributed by atoms with Gasteiger partial charge in [-0.1, -0.05) is 22.0 Å². The van der Waals surface area contributed by atoms with Crippen LogP contribution in [-0.2, 0) is 11.3 Å². The molecule has 1 aliphatic rings. The van der Waals surface area contributed by atoms with E-state index in [1.165, 1.54) is 16.2 Å². The zero-order valence-corrected chi connectivity index (χ0v) is 18.7. The van der Waals surface area contributed by atoms with Gasteiger partial charge in [0.1, 0.15) is 23.1 Å². The lowest BCUT2D eigenvalue weighted by atomic mass is 9.99. The Morgan fingerprint density at radius 2 is 2.03 bits per heavy atom. The highest BCUT2D eigenvalue weighted by atomic mass is 79.9. The number of benzene rings is 1. The SMILES string of the molecule is Cc1ccc(C2C(C(=O)c3cc4cc(Br)ccc4o3)=C(O)C(=O)N2Cc2cccs2)o1. The molecule has 0 saturated heterocycles. The third-order valence-corrected chi connectivity index (χ3v) is 6.54. The minimum Gasteiger partial charge on any atom is -0.503 e. The van der Waals surface area contributed by atoms with Crippen molar-refractivity contribution in [2.24, 2.45) is 0 Å². The molecule has 31 heavy (non-hydrogen) atoms. The summed E-state index contributed by atoms with van der Waals surface area (Å²) in [5.74, 6) is -0.643. The fourth-order valence-electron chi connectivity index (χ4n) is 3.77. The number of aliphatic hydroxyl groups is 1. The zero-order chi connectivity index (χ0) is 21.7. The number of aliphatic hydroxyl groups excluding tert-OH is 1. The van der Waals surface area contributed by atoms with Crippen LogP contribution >= 0.6 is 27.3 Å². The molecule has 0 radical (unpaired) electrons. The van der Waals surface area contributed by atoms with Gasteiger partial charge in [-0.05, 0) is 54.8 Å². The quantitative estimate of drug-likeness (QED) is 0.345. The Bertz CT molecular complexity index is 1350. The third kappa shape index (κ3) is 3.41. The molecule has 0 saturated carbocycles. The molecule has 1 aromatic carbocycles. The Morgan fingerprint density at radius 1 is 1.19 bits per heavy atom. The van der Waals surface area contributed by atoms with Crippen LogP contribution in [0, 0.1) is 6.92 Å². The molecule has 0 aliphatic carbocycles. The summed E-state index contributed by atoms with van der Waals surface area (Å²) in [7, 11) is 0. The molecule has 156 valence electrons. The first kappa shape index (κ1) is 19.8. The van der Waals surface area contributed by atoms with Crippen LogP contribution in [0.5, 0.6) is 0 Å². The molecule has 1 amide bonds. The van der Waals surface area contributed by atoms with Gasteiger partial charge in [0.15, 0.2) is 11.5 Å². The van der Waals surface area contributed by atoms with E-state index in [2.05, 4.69) is 15.9 Å². The summed E-state index contributed by atoms with van der Waals surface area (Å²) in [5, 5.41) is 13.4. The average Bonchev–Trinajstić information content (AvgIpc) is 3.52. The first-order valence-corrected chi connectivity index (χ1v) is 11.2. The Kier molecular flexibility index (Phi) is 4.83. The molecular weight excluding hydrogens is 482 g/mol. The number of furan rings is 2. The number of hydrogen-bond donors (Lipinski definition) is 1. The minimum absolute atomic E-state index is 0.0472. The van der Waals surface area contributed by atoms with E-state index in [0.29, 0.717) is 17.1 Å². The van der Waals surface area contributed by atoms with E-state index in [0.717, 1.165) is 14.7 Å². The molecule has 4 aromatic rings. The lowest BCUT2D eigenvalue weighted by Crippen LogP contribution is -2.30. The van der Waals surface area contributed by atoms with Crippen molar-refractivity contribution in [3.63, 3.8) is 0 Å². The molecule has 1 atom stereocenters. The van der Waals surface area contributed by atoms with E-state index >= 15 is 0 Å². The maximum absolute atomic E-state index is 13.5. The van der Waals surface area contributed by atoms with Crippen molar-refractivity contribution in [3.8, 4) is 0 Å². The van der Waals surface area contributed by atoms with Gasteiger partial charge >= 0.3 is 0 Å². The molecule has 1 unspecified atom stereocenters. The van der Waals surface area contributed by atoms with Crippen molar-refractivity contribution in [1.29, 1.82) is 0 Å². The highest BCUT2D eigenvalue weighted by molar-refractivity contribution is 9.10. The molecule has 0 spiro atoms. The van der Waals surface area contributed by atoms with E-state index in [-0.39, 0.29) is 17.9 Å². The maximum atomic E-state index is 13.5. The average molecular weight is 498 g/mol. The normalized spacial score (nSPS) is 16.6. The number of nitrogens with zero attached hydrogens (tertiary/aromatic N) is 1. The van der Waals surface area contributed by atoms with Crippen LogP contribution in [-0.4, -0.2) is 21.7 Å². The van der Waals surface area contributed by atoms with E-state index in [1.807, 2.05) is 29.6 Å². The van der Waals surface area contributed by atoms with E-state index < -0.39 is 23.5 Å². The van der Waals surface area contributed by atoms with Gasteiger partial charge in [-0.15, -0.1) is 11.3 Å². The van der Waals surface area contributed by atoms with Gasteiger partial charge in [-0.25, -0.2) is 0 Å². The summed E-state index contributed by atoms with van der Waals surface area (Å²) in [5.41, 5.74) is 0.492. The third-order valence-electron chi connectivity index (χ3n) is 5.19. The summed E-state index contributed by atoms with van der Waals surface area (Å²) >= 11 is 4.90. The summed E-state index contributed by atoms with van der Waals surface area (Å²) in [6.45, 7) is 2.03. The summed E-state index contributed by atoms with van der Waals surface area (Å²) in [6.07, 6.45) is 0. The second-order valence-corrected chi connectivity index (χ2v) is 9.20. The summed E-state index contributed by atoms with van der Waals surface area (Å²) in [4.78, 5) is 28.8. The second kappa shape index (κ2) is 7.55. The number of rotatable bonds is 5. The Balaban J connectivity index is 1.59. The molecule has 0 bridgehead atoms. The number of aryl methyl sites for hydroxylation is 1. The number of Topliss-reactive ketones (excluding diaryl/α,β-unsaturated/α-hetero) is 1. The Labute approximate surface area is 189 Å². The lowest BCUT2D eigenvalue weighted by molar-refractivity contribution is -0.130. The first-order valence-electron chi connectivity index (χ1n) is 9.49. The van der Waals surface area contributed by atoms with Gasteiger partial charge in [-0.2, -0.15) is 0 Å². The van der Waals surface area contributed by atoms with Crippen molar-refractivity contribution >= 4 is 49.9 Å². The first-order chi connectivity index (χ1) is 14.9. The number of carbonyl (C=O) groups is 2. The fourth-order valence-corrected chi connectivity index (χ4v) is 4.86. The van der Waals surface area contributed by atoms with Crippen LogP contribution in [0.1, 0.15) is 33.0 Å². The number of amides is 1. The van der Waals surface area contributed by atoms with Crippen molar-refractivity contribution in [2.75, 3.05) is 0 Å². The maximum Gasteiger partial charge on any atom is 0.290 e. The molecule has 6 nitrogen and oxygen atoms in total. The number of halogens is 1. The van der Waals surface area contributed by atoms with Crippen LogP contribution in [0.2, 0.25) is 0 Å². The molecular formula is C23H16BrNO5S. The van der Waals surface area contributed by atoms with Crippen molar-refractivity contribution in [3.05, 3.63) is 91.9 Å². The molecule has 3 aromatic heterocycles. The lowest BCUT2D eigenvalue weighted by Gasteiger charge is -2.24. The van der Waals surface area contributed by atoms with E-state index in [9.17, 15) is 14.7 Å². The smallest absolute Gasteiger partial charge is 0.290 e. The van der Waals surface area contributed by atoms with Crippen LogP contribution < -0.4 is 0 Å². The van der Waals surface area contributed by atoms with Crippen LogP contribution in [0.3, 0.4) is 0 Å². The van der Waals surface area contributed by atoms with E-state index in [1.54, 1.807) is 31.2 Å². The number of carbonyl (C=O) groups excluding carboxylic acids is 2. The summed E-state index contributed by atoms with van der Waals surface area (Å²) in [6, 6.07) is 13.4. The molecule has 1 N–H and O–H groups in total. The van der Waals surface area contributed by atoms with Crippen molar-refractivity contribution < 1.29 is 23.5 Å². The number of fused-ring (bicyclic) bond motifs is 1. The molecule has 5 rings (SSSR count). The molecule has 4 heterocycles. The van der Waals surface area contributed by atoms with Crippen LogP contribution in [0.15, 0.2) is 78.6 Å². The monoisotopic (exact) mass is 497 g/mol.